The van der Waals surface area contributed by atoms with Gasteiger partial charge in [0.25, 0.3) is 0 Å². The molecule has 1 aliphatic rings. The second kappa shape index (κ2) is 3.08. The Hall–Kier alpha value is -1.13. The van der Waals surface area contributed by atoms with E-state index in [9.17, 15) is 14.0 Å². The molecular weight excluding hydrogens is 165 g/mol. The van der Waals surface area contributed by atoms with E-state index in [1.165, 1.54) is 13.8 Å². The van der Waals surface area contributed by atoms with Crippen LogP contribution in [0.1, 0.15) is 13.8 Å². The van der Waals surface area contributed by atoms with Gasteiger partial charge in [0.1, 0.15) is 12.1 Å². The van der Waals surface area contributed by atoms with Crippen LogP contribution in [0.2, 0.25) is 0 Å². The fourth-order valence-corrected chi connectivity index (χ4v) is 1.10. The van der Waals surface area contributed by atoms with E-state index < -0.39 is 30.2 Å². The number of carbonyl (C=O) groups is 2. The summed E-state index contributed by atoms with van der Waals surface area (Å²) in [7, 11) is 0. The summed E-state index contributed by atoms with van der Waals surface area (Å²) in [5.74, 6) is -1.77. The molecule has 1 heterocycles. The van der Waals surface area contributed by atoms with Crippen molar-refractivity contribution in [2.24, 2.45) is 5.92 Å². The molecule has 0 aromatic rings. The van der Waals surface area contributed by atoms with E-state index in [1.807, 2.05) is 0 Å². The van der Waals surface area contributed by atoms with Crippen molar-refractivity contribution in [3.05, 3.63) is 0 Å². The second-order valence-corrected chi connectivity index (χ2v) is 2.74. The van der Waals surface area contributed by atoms with Crippen LogP contribution < -0.4 is 5.32 Å². The van der Waals surface area contributed by atoms with Gasteiger partial charge in [0.2, 0.25) is 5.91 Å². The zero-order chi connectivity index (χ0) is 9.30. The lowest BCUT2D eigenvalue weighted by atomic mass is 9.94. The number of hydrogen-bond acceptors (Lipinski definition) is 3. The fourth-order valence-electron chi connectivity index (χ4n) is 1.10. The number of esters is 1. The van der Waals surface area contributed by atoms with Gasteiger partial charge in [-0.3, -0.25) is 9.59 Å². The number of rotatable bonds is 2. The molecule has 0 aromatic heterocycles. The number of alkyl halides is 1. The van der Waals surface area contributed by atoms with E-state index >= 15 is 0 Å². The molecule has 1 aliphatic heterocycles. The molecule has 1 fully saturated rings. The molecule has 68 valence electrons. The minimum atomic E-state index is -1.29. The third kappa shape index (κ3) is 1.54. The lowest BCUT2D eigenvalue weighted by molar-refractivity contribution is -0.170. The van der Waals surface area contributed by atoms with Gasteiger partial charge in [-0.05, 0) is 6.92 Å². The number of halogens is 1. The number of amides is 1. The summed E-state index contributed by atoms with van der Waals surface area (Å²) < 4.78 is 17.3. The predicted octanol–water partition coefficient (Wildman–Crippen LogP) is -0.0204. The zero-order valence-corrected chi connectivity index (χ0v) is 6.83. The Kier molecular flexibility index (Phi) is 2.30. The third-order valence-electron chi connectivity index (χ3n) is 1.70. The smallest absolute Gasteiger partial charge is 0.304 e. The topological polar surface area (TPSA) is 55.4 Å². The highest BCUT2D eigenvalue weighted by Gasteiger charge is 2.45. The van der Waals surface area contributed by atoms with Gasteiger partial charge in [0, 0.05) is 6.92 Å². The zero-order valence-electron chi connectivity index (χ0n) is 6.83. The molecule has 2 unspecified atom stereocenters. The largest absolute Gasteiger partial charge is 0.441 e. The Morgan fingerprint density at radius 3 is 2.67 bits per heavy atom. The first-order valence-electron chi connectivity index (χ1n) is 3.64. The first kappa shape index (κ1) is 8.96. The van der Waals surface area contributed by atoms with Crippen molar-refractivity contribution in [3.63, 3.8) is 0 Å². The van der Waals surface area contributed by atoms with Crippen molar-refractivity contribution in [1.29, 1.82) is 0 Å². The van der Waals surface area contributed by atoms with E-state index in [2.05, 4.69) is 10.1 Å². The second-order valence-electron chi connectivity index (χ2n) is 2.74. The van der Waals surface area contributed by atoms with E-state index in [4.69, 9.17) is 0 Å². The van der Waals surface area contributed by atoms with Gasteiger partial charge in [-0.15, -0.1) is 0 Å². The molecule has 0 spiro atoms. The first-order valence-corrected chi connectivity index (χ1v) is 3.64. The van der Waals surface area contributed by atoms with Crippen molar-refractivity contribution in [3.8, 4) is 0 Å². The normalized spacial score (nSPS) is 30.1. The molecule has 0 aromatic carbocycles. The van der Waals surface area contributed by atoms with Gasteiger partial charge in [0.15, 0.2) is 6.23 Å². The van der Waals surface area contributed by atoms with E-state index in [-0.39, 0.29) is 0 Å². The van der Waals surface area contributed by atoms with Crippen LogP contribution in [-0.2, 0) is 14.3 Å². The van der Waals surface area contributed by atoms with Gasteiger partial charge in [0.05, 0.1) is 0 Å². The molecule has 0 aliphatic carbocycles. The summed E-state index contributed by atoms with van der Waals surface area (Å²) in [5, 5.41) is 2.28. The summed E-state index contributed by atoms with van der Waals surface area (Å²) in [4.78, 5) is 21.1. The molecule has 12 heavy (non-hydrogen) atoms. The maximum absolute atomic E-state index is 12.6. The van der Waals surface area contributed by atoms with Crippen molar-refractivity contribution in [1.82, 2.24) is 5.32 Å². The molecule has 3 atom stereocenters. The SMILES string of the molecule is CC(=O)OC1NC(=O)C1[C@@H](C)F. The quantitative estimate of drug-likeness (QED) is 0.474. The number of carbonyl (C=O) groups excluding carboxylic acids is 2. The van der Waals surface area contributed by atoms with Crippen LogP contribution in [0.3, 0.4) is 0 Å². The van der Waals surface area contributed by atoms with Gasteiger partial charge in [-0.2, -0.15) is 0 Å². The van der Waals surface area contributed by atoms with Crippen molar-refractivity contribution in [2.75, 3.05) is 0 Å². The van der Waals surface area contributed by atoms with Crippen LogP contribution in [0.4, 0.5) is 4.39 Å². The number of nitrogens with one attached hydrogen (secondary N) is 1. The van der Waals surface area contributed by atoms with Gasteiger partial charge >= 0.3 is 5.97 Å². The summed E-state index contributed by atoms with van der Waals surface area (Å²) in [5.41, 5.74) is 0. The molecule has 0 radical (unpaired) electrons. The standard InChI is InChI=1S/C7H10FNO3/c1-3(8)5-6(11)9-7(5)12-4(2)10/h3,5,7H,1-2H3,(H,9,11)/t3-,5?,7?/m1/s1. The summed E-state index contributed by atoms with van der Waals surface area (Å²) in [6, 6.07) is 0. The Bertz CT molecular complexity index is 217. The van der Waals surface area contributed by atoms with Crippen LogP contribution in [0.25, 0.3) is 0 Å². The fraction of sp³-hybridized carbons (Fsp3) is 0.714. The Balaban J connectivity index is 2.48. The molecule has 1 amide bonds. The van der Waals surface area contributed by atoms with Gasteiger partial charge in [-0.1, -0.05) is 0 Å². The summed E-state index contributed by atoms with van der Waals surface area (Å²) in [6.45, 7) is 2.48. The van der Waals surface area contributed by atoms with Crippen LogP contribution in [0.15, 0.2) is 0 Å². The molecule has 1 N–H and O–H groups in total. The molecular formula is C7H10FNO3. The van der Waals surface area contributed by atoms with Crippen molar-refractivity contribution >= 4 is 11.9 Å². The Morgan fingerprint density at radius 1 is 1.75 bits per heavy atom. The van der Waals surface area contributed by atoms with E-state index in [0.29, 0.717) is 0 Å². The molecule has 4 nitrogen and oxygen atoms in total. The maximum atomic E-state index is 12.6. The first-order chi connectivity index (χ1) is 5.52. The molecule has 0 bridgehead atoms. The van der Waals surface area contributed by atoms with Gasteiger partial charge in [-0.25, -0.2) is 4.39 Å². The van der Waals surface area contributed by atoms with Crippen LogP contribution >= 0.6 is 0 Å². The average Bonchev–Trinajstić information content (AvgIpc) is 1.82. The molecule has 5 heteroatoms. The lowest BCUT2D eigenvalue weighted by Crippen LogP contribution is -2.62. The van der Waals surface area contributed by atoms with E-state index in [1.54, 1.807) is 0 Å². The molecule has 1 rings (SSSR count). The van der Waals surface area contributed by atoms with E-state index in [0.717, 1.165) is 0 Å². The van der Waals surface area contributed by atoms with Gasteiger partial charge < -0.3 is 10.1 Å². The van der Waals surface area contributed by atoms with Crippen LogP contribution in [-0.4, -0.2) is 24.3 Å². The summed E-state index contributed by atoms with van der Waals surface area (Å²) >= 11 is 0. The number of ether oxygens (including phenoxy) is 1. The number of hydrogen-bond donors (Lipinski definition) is 1. The van der Waals surface area contributed by atoms with Crippen molar-refractivity contribution in [2.45, 2.75) is 26.2 Å². The van der Waals surface area contributed by atoms with Crippen molar-refractivity contribution < 1.29 is 18.7 Å². The highest BCUT2D eigenvalue weighted by atomic mass is 19.1. The monoisotopic (exact) mass is 175 g/mol. The maximum Gasteiger partial charge on any atom is 0.304 e. The Morgan fingerprint density at radius 2 is 2.33 bits per heavy atom. The number of β-lactam (4-membered cyclic amide) rings is 1. The minimum absolute atomic E-state index is 0.406. The summed E-state index contributed by atoms with van der Waals surface area (Å²) in [6.07, 6.45) is -2.07. The van der Waals surface area contributed by atoms with Crippen LogP contribution in [0.5, 0.6) is 0 Å². The predicted molar refractivity (Wildman–Crippen MR) is 37.8 cm³/mol. The van der Waals surface area contributed by atoms with Crippen LogP contribution in [0, 0.1) is 5.92 Å². The lowest BCUT2D eigenvalue weighted by Gasteiger charge is -2.36. The highest BCUT2D eigenvalue weighted by molar-refractivity contribution is 5.86. The molecule has 1 saturated heterocycles. The third-order valence-corrected chi connectivity index (χ3v) is 1.70. The minimum Gasteiger partial charge on any atom is -0.441 e. The molecule has 0 saturated carbocycles. The highest BCUT2D eigenvalue weighted by Crippen LogP contribution is 2.22. The average molecular weight is 175 g/mol. The Labute approximate surface area is 69.1 Å².